The lowest BCUT2D eigenvalue weighted by atomic mass is 10.1. The summed E-state index contributed by atoms with van der Waals surface area (Å²) in [6.45, 7) is 3.64. The molecule has 0 fully saturated rings. The largest absolute Gasteiger partial charge is 0.387 e. The minimum Gasteiger partial charge on any atom is -0.387 e. The van der Waals surface area contributed by atoms with E-state index in [1.807, 2.05) is 30.3 Å². The molecule has 106 valence electrons. The van der Waals surface area contributed by atoms with Crippen LogP contribution < -0.4 is 5.32 Å². The van der Waals surface area contributed by atoms with Crippen LogP contribution in [0.5, 0.6) is 0 Å². The lowest BCUT2D eigenvalue weighted by molar-refractivity contribution is 0.175. The second kappa shape index (κ2) is 7.83. The zero-order chi connectivity index (χ0) is 14.2. The second-order valence-corrected chi connectivity index (χ2v) is 5.22. The first-order valence-corrected chi connectivity index (χ1v) is 7.25. The highest BCUT2D eigenvalue weighted by molar-refractivity contribution is 5.21. The molecule has 0 heterocycles. The predicted molar refractivity (Wildman–Crippen MR) is 83.8 cm³/mol. The fourth-order valence-corrected chi connectivity index (χ4v) is 2.20. The summed E-state index contributed by atoms with van der Waals surface area (Å²) < 4.78 is 0. The van der Waals surface area contributed by atoms with E-state index in [9.17, 15) is 5.11 Å². The fourth-order valence-electron chi connectivity index (χ4n) is 2.20. The van der Waals surface area contributed by atoms with Crippen LogP contribution >= 0.6 is 0 Å². The maximum atomic E-state index is 10.0. The highest BCUT2D eigenvalue weighted by atomic mass is 16.3. The van der Waals surface area contributed by atoms with Gasteiger partial charge in [-0.15, -0.1) is 0 Å². The van der Waals surface area contributed by atoms with E-state index in [-0.39, 0.29) is 0 Å². The number of aliphatic hydroxyl groups is 1. The van der Waals surface area contributed by atoms with E-state index in [4.69, 9.17) is 0 Å². The van der Waals surface area contributed by atoms with Gasteiger partial charge in [0.15, 0.2) is 0 Å². The van der Waals surface area contributed by atoms with Gasteiger partial charge in [0.05, 0.1) is 6.10 Å². The summed E-state index contributed by atoms with van der Waals surface area (Å²) in [6.07, 6.45) is 1.75. The molecule has 1 atom stereocenters. The van der Waals surface area contributed by atoms with Crippen LogP contribution in [-0.4, -0.2) is 18.2 Å². The molecular formula is C18H23NO. The van der Waals surface area contributed by atoms with Crippen molar-refractivity contribution in [3.05, 3.63) is 71.3 Å². The Morgan fingerprint density at radius 3 is 2.40 bits per heavy atom. The first-order chi connectivity index (χ1) is 9.75. The summed E-state index contributed by atoms with van der Waals surface area (Å²) in [5.41, 5.74) is 3.65. The molecule has 0 aliphatic heterocycles. The van der Waals surface area contributed by atoms with Crippen LogP contribution in [0, 0.1) is 6.92 Å². The van der Waals surface area contributed by atoms with E-state index in [0.717, 1.165) is 24.9 Å². The average molecular weight is 269 g/mol. The monoisotopic (exact) mass is 269 g/mol. The van der Waals surface area contributed by atoms with E-state index >= 15 is 0 Å². The molecule has 2 aromatic carbocycles. The molecule has 20 heavy (non-hydrogen) atoms. The summed E-state index contributed by atoms with van der Waals surface area (Å²) in [6, 6.07) is 18.5. The molecule has 0 saturated heterocycles. The van der Waals surface area contributed by atoms with Gasteiger partial charge in [-0.2, -0.15) is 0 Å². The van der Waals surface area contributed by atoms with Gasteiger partial charge < -0.3 is 10.4 Å². The highest BCUT2D eigenvalue weighted by Crippen LogP contribution is 2.10. The first-order valence-electron chi connectivity index (χ1n) is 7.25. The molecule has 2 heteroatoms. The van der Waals surface area contributed by atoms with E-state index in [2.05, 4.69) is 36.5 Å². The van der Waals surface area contributed by atoms with Gasteiger partial charge >= 0.3 is 0 Å². The molecule has 0 aliphatic carbocycles. The molecule has 2 rings (SSSR count). The number of hydrogen-bond acceptors (Lipinski definition) is 2. The number of nitrogens with one attached hydrogen (secondary N) is 1. The second-order valence-electron chi connectivity index (χ2n) is 5.22. The van der Waals surface area contributed by atoms with Crippen molar-refractivity contribution in [2.75, 3.05) is 13.1 Å². The Kier molecular flexibility index (Phi) is 5.78. The van der Waals surface area contributed by atoms with E-state index in [0.29, 0.717) is 6.54 Å². The highest BCUT2D eigenvalue weighted by Gasteiger charge is 2.05. The fraction of sp³-hybridized carbons (Fsp3) is 0.333. The van der Waals surface area contributed by atoms with Crippen molar-refractivity contribution < 1.29 is 5.11 Å². The average Bonchev–Trinajstić information content (AvgIpc) is 2.49. The van der Waals surface area contributed by atoms with E-state index in [1.165, 1.54) is 11.1 Å². The van der Waals surface area contributed by atoms with Crippen LogP contribution in [-0.2, 0) is 6.42 Å². The molecule has 2 N–H and O–H groups in total. The van der Waals surface area contributed by atoms with Crippen molar-refractivity contribution >= 4 is 0 Å². The lowest BCUT2D eigenvalue weighted by Crippen LogP contribution is -2.22. The number of benzene rings is 2. The summed E-state index contributed by atoms with van der Waals surface area (Å²) in [5, 5.41) is 13.3. The van der Waals surface area contributed by atoms with Gasteiger partial charge in [0, 0.05) is 6.54 Å². The van der Waals surface area contributed by atoms with Crippen LogP contribution in [0.2, 0.25) is 0 Å². The normalized spacial score (nSPS) is 12.3. The first kappa shape index (κ1) is 14.8. The van der Waals surface area contributed by atoms with Crippen molar-refractivity contribution in [3.63, 3.8) is 0 Å². The molecule has 0 spiro atoms. The third kappa shape index (κ3) is 4.80. The van der Waals surface area contributed by atoms with Crippen molar-refractivity contribution in [2.45, 2.75) is 25.9 Å². The molecule has 0 aromatic heterocycles. The van der Waals surface area contributed by atoms with Crippen molar-refractivity contribution in [1.82, 2.24) is 5.32 Å². The van der Waals surface area contributed by atoms with Gasteiger partial charge in [-0.3, -0.25) is 0 Å². The van der Waals surface area contributed by atoms with Crippen molar-refractivity contribution in [3.8, 4) is 0 Å². The Bertz CT molecular complexity index is 493. The Morgan fingerprint density at radius 2 is 1.70 bits per heavy atom. The third-order valence-electron chi connectivity index (χ3n) is 3.46. The SMILES string of the molecule is Cc1ccc(CCCNC[C@@H](O)c2ccccc2)cc1. The van der Waals surface area contributed by atoms with Crippen LogP contribution in [0.15, 0.2) is 54.6 Å². The zero-order valence-electron chi connectivity index (χ0n) is 12.0. The minimum absolute atomic E-state index is 0.421. The Balaban J connectivity index is 1.63. The predicted octanol–water partition coefficient (Wildman–Crippen LogP) is 3.25. The van der Waals surface area contributed by atoms with Crippen LogP contribution in [0.25, 0.3) is 0 Å². The molecule has 2 aromatic rings. The molecule has 0 aliphatic rings. The van der Waals surface area contributed by atoms with Gasteiger partial charge in [-0.1, -0.05) is 60.2 Å². The zero-order valence-corrected chi connectivity index (χ0v) is 12.0. The minimum atomic E-state index is -0.421. The number of aliphatic hydroxyl groups excluding tert-OH is 1. The van der Waals surface area contributed by atoms with Gasteiger partial charge in [-0.25, -0.2) is 0 Å². The van der Waals surface area contributed by atoms with Crippen LogP contribution in [0.1, 0.15) is 29.2 Å². The van der Waals surface area contributed by atoms with Crippen LogP contribution in [0.3, 0.4) is 0 Å². The Labute approximate surface area is 121 Å². The van der Waals surface area contributed by atoms with E-state index < -0.39 is 6.10 Å². The smallest absolute Gasteiger partial charge is 0.0914 e. The third-order valence-corrected chi connectivity index (χ3v) is 3.46. The Morgan fingerprint density at radius 1 is 1.00 bits per heavy atom. The maximum Gasteiger partial charge on any atom is 0.0914 e. The molecule has 0 saturated carbocycles. The van der Waals surface area contributed by atoms with Gasteiger partial charge in [0.1, 0.15) is 0 Å². The van der Waals surface area contributed by atoms with Gasteiger partial charge in [0.25, 0.3) is 0 Å². The summed E-state index contributed by atoms with van der Waals surface area (Å²) in [7, 11) is 0. The lowest BCUT2D eigenvalue weighted by Gasteiger charge is -2.12. The summed E-state index contributed by atoms with van der Waals surface area (Å²) in [5.74, 6) is 0. The number of rotatable bonds is 7. The summed E-state index contributed by atoms with van der Waals surface area (Å²) in [4.78, 5) is 0. The van der Waals surface area contributed by atoms with Crippen molar-refractivity contribution in [1.29, 1.82) is 0 Å². The van der Waals surface area contributed by atoms with E-state index in [1.54, 1.807) is 0 Å². The molecule has 0 unspecified atom stereocenters. The topological polar surface area (TPSA) is 32.3 Å². The Hall–Kier alpha value is -1.64. The molecular weight excluding hydrogens is 246 g/mol. The van der Waals surface area contributed by atoms with Gasteiger partial charge in [0.2, 0.25) is 0 Å². The van der Waals surface area contributed by atoms with Gasteiger partial charge in [-0.05, 0) is 37.4 Å². The number of aryl methyl sites for hydroxylation is 2. The molecule has 0 bridgehead atoms. The standard InChI is InChI=1S/C18H23NO/c1-15-9-11-16(12-10-15)6-5-13-19-14-18(20)17-7-3-2-4-8-17/h2-4,7-12,18-20H,5-6,13-14H2,1H3/t18-/m1/s1. The molecule has 0 amide bonds. The molecule has 0 radical (unpaired) electrons. The number of hydrogen-bond donors (Lipinski definition) is 2. The van der Waals surface area contributed by atoms with Crippen molar-refractivity contribution in [2.24, 2.45) is 0 Å². The molecule has 2 nitrogen and oxygen atoms in total. The maximum absolute atomic E-state index is 10.0. The van der Waals surface area contributed by atoms with Crippen LogP contribution in [0.4, 0.5) is 0 Å². The summed E-state index contributed by atoms with van der Waals surface area (Å²) >= 11 is 0. The quantitative estimate of drug-likeness (QED) is 0.756.